The fourth-order valence-corrected chi connectivity index (χ4v) is 2.01. The number of piperidine rings is 1. The van der Waals surface area contributed by atoms with Crippen LogP contribution < -0.4 is 0 Å². The first-order valence-electron chi connectivity index (χ1n) is 5.58. The predicted octanol–water partition coefficient (Wildman–Crippen LogP) is 1.72. The normalized spacial score (nSPS) is 21.2. The molecule has 86 valence electrons. The number of likely N-dealkylation sites (tertiary alicyclic amines) is 1. The van der Waals surface area contributed by atoms with Crippen LogP contribution >= 0.6 is 0 Å². The summed E-state index contributed by atoms with van der Waals surface area (Å²) in [4.78, 5) is 25.2. The number of ketones is 1. The van der Waals surface area contributed by atoms with Crippen LogP contribution in [0.2, 0.25) is 0 Å². The van der Waals surface area contributed by atoms with Crippen LogP contribution in [-0.4, -0.2) is 29.7 Å². The van der Waals surface area contributed by atoms with E-state index < -0.39 is 0 Å². The predicted molar refractivity (Wildman–Crippen MR) is 58.0 cm³/mol. The quantitative estimate of drug-likeness (QED) is 0.764. The molecule has 4 heteroatoms. The maximum atomic E-state index is 11.9. The Bertz CT molecular complexity index is 383. The second-order valence-corrected chi connectivity index (χ2v) is 4.05. The van der Waals surface area contributed by atoms with Crippen LogP contribution in [-0.2, 0) is 4.79 Å². The lowest BCUT2D eigenvalue weighted by Gasteiger charge is -2.30. The van der Waals surface area contributed by atoms with E-state index in [9.17, 15) is 9.59 Å². The van der Waals surface area contributed by atoms with E-state index in [-0.39, 0.29) is 17.6 Å². The van der Waals surface area contributed by atoms with Gasteiger partial charge < -0.3 is 9.32 Å². The van der Waals surface area contributed by atoms with Gasteiger partial charge in [0.25, 0.3) is 5.91 Å². The monoisotopic (exact) mass is 221 g/mol. The lowest BCUT2D eigenvalue weighted by atomic mass is 9.94. The number of furan rings is 1. The third kappa shape index (κ3) is 2.01. The highest BCUT2D eigenvalue weighted by Crippen LogP contribution is 2.18. The van der Waals surface area contributed by atoms with E-state index in [0.29, 0.717) is 25.3 Å². The van der Waals surface area contributed by atoms with Gasteiger partial charge in [-0.05, 0) is 18.6 Å². The zero-order chi connectivity index (χ0) is 11.5. The van der Waals surface area contributed by atoms with Crippen LogP contribution in [0.3, 0.4) is 0 Å². The zero-order valence-electron chi connectivity index (χ0n) is 9.31. The average Bonchev–Trinajstić information content (AvgIpc) is 2.82. The third-order valence-corrected chi connectivity index (χ3v) is 3.04. The van der Waals surface area contributed by atoms with Gasteiger partial charge in [-0.15, -0.1) is 0 Å². The molecule has 0 N–H and O–H groups in total. The number of nitrogens with zero attached hydrogens (tertiary/aromatic N) is 1. The van der Waals surface area contributed by atoms with Gasteiger partial charge in [0, 0.05) is 25.4 Å². The molecule has 1 saturated heterocycles. The van der Waals surface area contributed by atoms with Crippen molar-refractivity contribution in [2.75, 3.05) is 13.1 Å². The Morgan fingerprint density at radius 2 is 2.44 bits per heavy atom. The van der Waals surface area contributed by atoms with Crippen molar-refractivity contribution in [3.63, 3.8) is 0 Å². The van der Waals surface area contributed by atoms with E-state index in [1.54, 1.807) is 17.0 Å². The summed E-state index contributed by atoms with van der Waals surface area (Å²) in [5.74, 6) is 0.499. The summed E-state index contributed by atoms with van der Waals surface area (Å²) < 4.78 is 5.07. The summed E-state index contributed by atoms with van der Waals surface area (Å²) in [6.45, 7) is 3.01. The van der Waals surface area contributed by atoms with Crippen molar-refractivity contribution in [3.8, 4) is 0 Å². The van der Waals surface area contributed by atoms with Crippen molar-refractivity contribution >= 4 is 11.7 Å². The van der Waals surface area contributed by atoms with Crippen LogP contribution in [0.4, 0.5) is 0 Å². The van der Waals surface area contributed by atoms with Crippen LogP contribution in [0.1, 0.15) is 30.3 Å². The first kappa shape index (κ1) is 10.9. The molecule has 0 bridgehead atoms. The second kappa shape index (κ2) is 4.51. The fourth-order valence-electron chi connectivity index (χ4n) is 2.01. The van der Waals surface area contributed by atoms with Crippen molar-refractivity contribution < 1.29 is 14.0 Å². The molecule has 0 saturated carbocycles. The lowest BCUT2D eigenvalue weighted by Crippen LogP contribution is -2.43. The summed E-state index contributed by atoms with van der Waals surface area (Å²) in [6.07, 6.45) is 2.74. The number of carbonyl (C=O) groups is 2. The number of hydrogen-bond donors (Lipinski definition) is 0. The molecular weight excluding hydrogens is 206 g/mol. The lowest BCUT2D eigenvalue weighted by molar-refractivity contribution is -0.125. The third-order valence-electron chi connectivity index (χ3n) is 3.04. The molecule has 1 atom stereocenters. The highest BCUT2D eigenvalue weighted by atomic mass is 16.3. The van der Waals surface area contributed by atoms with Gasteiger partial charge in [0.1, 0.15) is 5.78 Å². The van der Waals surface area contributed by atoms with Crippen molar-refractivity contribution in [3.05, 3.63) is 24.2 Å². The van der Waals surface area contributed by atoms with Crippen LogP contribution in [0.15, 0.2) is 22.8 Å². The smallest absolute Gasteiger partial charge is 0.289 e. The van der Waals surface area contributed by atoms with Gasteiger partial charge in [0.15, 0.2) is 5.76 Å². The number of amides is 1. The first-order valence-corrected chi connectivity index (χ1v) is 5.58. The Labute approximate surface area is 94.2 Å². The molecule has 0 aromatic carbocycles. The van der Waals surface area contributed by atoms with Gasteiger partial charge in [-0.25, -0.2) is 0 Å². The van der Waals surface area contributed by atoms with Gasteiger partial charge in [-0.3, -0.25) is 9.59 Å². The molecule has 16 heavy (non-hydrogen) atoms. The SMILES string of the molecule is CCC1CN(C(=O)c2ccco2)CCC1=O. The molecule has 2 heterocycles. The Morgan fingerprint density at radius 1 is 1.62 bits per heavy atom. The Morgan fingerprint density at radius 3 is 3.06 bits per heavy atom. The molecule has 1 aliphatic heterocycles. The highest BCUT2D eigenvalue weighted by molar-refractivity contribution is 5.93. The summed E-state index contributed by atoms with van der Waals surface area (Å²) in [5.41, 5.74) is 0. The maximum absolute atomic E-state index is 11.9. The largest absolute Gasteiger partial charge is 0.459 e. The molecule has 0 spiro atoms. The summed E-state index contributed by atoms with van der Waals surface area (Å²) in [6, 6.07) is 3.35. The van der Waals surface area contributed by atoms with Gasteiger partial charge in [-0.1, -0.05) is 6.92 Å². The van der Waals surface area contributed by atoms with Gasteiger partial charge in [-0.2, -0.15) is 0 Å². The van der Waals surface area contributed by atoms with Gasteiger partial charge in [0.2, 0.25) is 0 Å². The maximum Gasteiger partial charge on any atom is 0.289 e. The van der Waals surface area contributed by atoms with E-state index >= 15 is 0 Å². The zero-order valence-corrected chi connectivity index (χ0v) is 9.31. The van der Waals surface area contributed by atoms with Crippen LogP contribution in [0, 0.1) is 5.92 Å². The summed E-state index contributed by atoms with van der Waals surface area (Å²) in [7, 11) is 0. The van der Waals surface area contributed by atoms with Crippen molar-refractivity contribution in [2.45, 2.75) is 19.8 Å². The van der Waals surface area contributed by atoms with Crippen molar-refractivity contribution in [1.82, 2.24) is 4.90 Å². The molecule has 1 unspecified atom stereocenters. The van der Waals surface area contributed by atoms with Crippen molar-refractivity contribution in [1.29, 1.82) is 0 Å². The van der Waals surface area contributed by atoms with E-state index in [4.69, 9.17) is 4.42 Å². The summed E-state index contributed by atoms with van der Waals surface area (Å²) in [5, 5.41) is 0. The molecule has 2 rings (SSSR count). The van der Waals surface area contributed by atoms with E-state index in [2.05, 4.69) is 0 Å². The minimum Gasteiger partial charge on any atom is -0.459 e. The molecule has 4 nitrogen and oxygen atoms in total. The van der Waals surface area contributed by atoms with E-state index in [1.165, 1.54) is 6.26 Å². The average molecular weight is 221 g/mol. The number of carbonyl (C=O) groups excluding carboxylic acids is 2. The molecular formula is C12H15NO3. The van der Waals surface area contributed by atoms with Crippen molar-refractivity contribution in [2.24, 2.45) is 5.92 Å². The molecule has 1 aliphatic rings. The minimum atomic E-state index is -0.115. The standard InChI is InChI=1S/C12H15NO3/c1-2-9-8-13(6-5-10(9)14)12(15)11-4-3-7-16-11/h3-4,7,9H,2,5-6,8H2,1H3. The second-order valence-electron chi connectivity index (χ2n) is 4.05. The Hall–Kier alpha value is -1.58. The molecule has 1 amide bonds. The molecule has 1 aromatic rings. The van der Waals surface area contributed by atoms with E-state index in [0.717, 1.165) is 6.42 Å². The van der Waals surface area contributed by atoms with Crippen LogP contribution in [0.5, 0.6) is 0 Å². The topological polar surface area (TPSA) is 50.5 Å². The number of rotatable bonds is 2. The molecule has 0 radical (unpaired) electrons. The first-order chi connectivity index (χ1) is 7.72. The molecule has 1 aromatic heterocycles. The Balaban J connectivity index is 2.06. The number of Topliss-reactive ketones (excluding diaryl/α,β-unsaturated/α-hetero) is 1. The Kier molecular flexibility index (Phi) is 3.08. The fraction of sp³-hybridized carbons (Fsp3) is 0.500. The molecule has 1 fully saturated rings. The van der Waals surface area contributed by atoms with E-state index in [1.807, 2.05) is 6.92 Å². The minimum absolute atomic E-state index is 0.00679. The van der Waals surface area contributed by atoms with Crippen LogP contribution in [0.25, 0.3) is 0 Å². The summed E-state index contributed by atoms with van der Waals surface area (Å²) >= 11 is 0. The molecule has 0 aliphatic carbocycles. The van der Waals surface area contributed by atoms with Gasteiger partial charge >= 0.3 is 0 Å². The van der Waals surface area contributed by atoms with Gasteiger partial charge in [0.05, 0.1) is 6.26 Å². The highest BCUT2D eigenvalue weighted by Gasteiger charge is 2.29. The number of hydrogen-bond acceptors (Lipinski definition) is 3.